The van der Waals surface area contributed by atoms with Crippen LogP contribution in [-0.4, -0.2) is 22.4 Å². The van der Waals surface area contributed by atoms with Crippen LogP contribution in [0.4, 0.5) is 0 Å². The number of rotatable bonds is 9. The first-order valence-electron chi connectivity index (χ1n) is 10.4. The van der Waals surface area contributed by atoms with E-state index < -0.39 is 5.97 Å². The number of nitrogens with zero attached hydrogens (tertiary/aromatic N) is 2. The Hall–Kier alpha value is -2.01. The van der Waals surface area contributed by atoms with Gasteiger partial charge in [-0.15, -0.1) is 0 Å². The van der Waals surface area contributed by atoms with Gasteiger partial charge in [-0.25, -0.2) is 9.48 Å². The normalized spacial score (nSPS) is 11.0. The number of aromatic nitrogens is 2. The number of carbonyl (C=O) groups excluding carboxylic acids is 1. The molecule has 0 spiro atoms. The lowest BCUT2D eigenvalue weighted by Crippen LogP contribution is -2.09. The average Bonchev–Trinajstić information content (AvgIpc) is 3.08. The van der Waals surface area contributed by atoms with Crippen molar-refractivity contribution >= 4 is 40.8 Å². The van der Waals surface area contributed by atoms with Crippen LogP contribution in [-0.2, 0) is 4.74 Å². The van der Waals surface area contributed by atoms with Gasteiger partial charge in [-0.2, -0.15) is 5.10 Å². The third kappa shape index (κ3) is 5.82. The lowest BCUT2D eigenvalue weighted by atomic mass is 10.1. The van der Waals surface area contributed by atoms with Crippen LogP contribution >= 0.6 is 34.8 Å². The first-order chi connectivity index (χ1) is 14.9. The van der Waals surface area contributed by atoms with Crippen molar-refractivity contribution in [1.82, 2.24) is 9.78 Å². The molecule has 4 nitrogen and oxygen atoms in total. The number of unbranched alkanes of at least 4 members (excludes halogenated alkanes) is 4. The summed E-state index contributed by atoms with van der Waals surface area (Å²) < 4.78 is 7.17. The monoisotopic (exact) mass is 478 g/mol. The highest BCUT2D eigenvalue weighted by atomic mass is 35.5. The van der Waals surface area contributed by atoms with Gasteiger partial charge in [0.15, 0.2) is 5.69 Å². The second kappa shape index (κ2) is 11.0. The number of hydrogen-bond acceptors (Lipinski definition) is 3. The summed E-state index contributed by atoms with van der Waals surface area (Å²) in [5.41, 5.74) is 3.21. The maximum atomic E-state index is 12.8. The lowest BCUT2D eigenvalue weighted by Gasteiger charge is -2.11. The minimum atomic E-state index is -0.438. The molecule has 0 aliphatic heterocycles. The maximum absolute atomic E-state index is 12.8. The van der Waals surface area contributed by atoms with Crippen molar-refractivity contribution in [2.24, 2.45) is 0 Å². The topological polar surface area (TPSA) is 44.1 Å². The van der Waals surface area contributed by atoms with Crippen molar-refractivity contribution in [2.45, 2.75) is 46.0 Å². The molecular formula is C24H25Cl3N2O2. The number of hydrogen-bond donors (Lipinski definition) is 0. The Kier molecular flexibility index (Phi) is 8.42. The molecule has 1 aromatic heterocycles. The van der Waals surface area contributed by atoms with Gasteiger partial charge in [-0.1, -0.05) is 79.5 Å². The van der Waals surface area contributed by atoms with E-state index in [4.69, 9.17) is 39.5 Å². The molecule has 0 radical (unpaired) electrons. The van der Waals surface area contributed by atoms with Crippen LogP contribution in [0.1, 0.15) is 55.1 Å². The van der Waals surface area contributed by atoms with Crippen molar-refractivity contribution in [3.8, 4) is 16.9 Å². The van der Waals surface area contributed by atoms with Crippen molar-refractivity contribution in [3.05, 3.63) is 68.8 Å². The summed E-state index contributed by atoms with van der Waals surface area (Å²) >= 11 is 18.6. The molecule has 0 saturated heterocycles. The summed E-state index contributed by atoms with van der Waals surface area (Å²) in [6.07, 6.45) is 5.42. The van der Waals surface area contributed by atoms with Crippen LogP contribution in [0.2, 0.25) is 15.1 Å². The SMILES string of the molecule is CCCCCCCOC(=O)c1nn(-c2ccc(Cl)cc2Cl)c(-c2ccc(Cl)cc2)c1C. The zero-order valence-corrected chi connectivity index (χ0v) is 19.9. The van der Waals surface area contributed by atoms with E-state index in [1.165, 1.54) is 12.8 Å². The van der Waals surface area contributed by atoms with E-state index >= 15 is 0 Å². The van der Waals surface area contributed by atoms with Gasteiger partial charge >= 0.3 is 5.97 Å². The second-order valence-electron chi connectivity index (χ2n) is 7.39. The van der Waals surface area contributed by atoms with Crippen LogP contribution in [0.15, 0.2) is 42.5 Å². The first-order valence-corrected chi connectivity index (χ1v) is 11.5. The van der Waals surface area contributed by atoms with E-state index in [9.17, 15) is 4.79 Å². The van der Waals surface area contributed by atoms with Crippen LogP contribution < -0.4 is 0 Å². The Morgan fingerprint density at radius 1 is 0.968 bits per heavy atom. The summed E-state index contributed by atoms with van der Waals surface area (Å²) in [6, 6.07) is 12.5. The highest BCUT2D eigenvalue weighted by Gasteiger charge is 2.24. The predicted molar refractivity (Wildman–Crippen MR) is 128 cm³/mol. The molecule has 3 rings (SSSR count). The van der Waals surface area contributed by atoms with Gasteiger partial charge in [-0.3, -0.25) is 0 Å². The van der Waals surface area contributed by atoms with E-state index in [-0.39, 0.29) is 5.69 Å². The second-order valence-corrected chi connectivity index (χ2v) is 8.67. The van der Waals surface area contributed by atoms with E-state index in [0.29, 0.717) is 32.9 Å². The Balaban J connectivity index is 1.94. The van der Waals surface area contributed by atoms with Crippen molar-refractivity contribution in [1.29, 1.82) is 0 Å². The minimum Gasteiger partial charge on any atom is -0.461 e. The van der Waals surface area contributed by atoms with Gasteiger partial charge in [0, 0.05) is 21.2 Å². The van der Waals surface area contributed by atoms with Crippen LogP contribution in [0.3, 0.4) is 0 Å². The Bertz CT molecular complexity index is 1050. The number of ether oxygens (including phenoxy) is 1. The minimum absolute atomic E-state index is 0.268. The molecule has 0 atom stereocenters. The van der Waals surface area contributed by atoms with Gasteiger partial charge in [0.25, 0.3) is 0 Å². The fourth-order valence-corrected chi connectivity index (χ4v) is 4.02. The summed E-state index contributed by atoms with van der Waals surface area (Å²) in [5.74, 6) is -0.438. The zero-order chi connectivity index (χ0) is 22.4. The van der Waals surface area contributed by atoms with Gasteiger partial charge in [0.1, 0.15) is 0 Å². The van der Waals surface area contributed by atoms with Crippen molar-refractivity contribution in [2.75, 3.05) is 6.61 Å². The molecule has 3 aromatic rings. The van der Waals surface area contributed by atoms with Crippen LogP contribution in [0.5, 0.6) is 0 Å². The first kappa shape index (κ1) is 23.6. The number of carbonyl (C=O) groups is 1. The van der Waals surface area contributed by atoms with Crippen molar-refractivity contribution in [3.63, 3.8) is 0 Å². The van der Waals surface area contributed by atoms with Crippen LogP contribution in [0, 0.1) is 6.92 Å². The smallest absolute Gasteiger partial charge is 0.359 e. The molecular weight excluding hydrogens is 455 g/mol. The summed E-state index contributed by atoms with van der Waals surface area (Å²) in [5, 5.41) is 6.16. The van der Waals surface area contributed by atoms with Gasteiger partial charge < -0.3 is 4.74 Å². The third-order valence-corrected chi connectivity index (χ3v) is 5.84. The summed E-state index contributed by atoms with van der Waals surface area (Å²) in [7, 11) is 0. The van der Waals surface area contributed by atoms with Crippen molar-refractivity contribution < 1.29 is 9.53 Å². The maximum Gasteiger partial charge on any atom is 0.359 e. The highest BCUT2D eigenvalue weighted by molar-refractivity contribution is 6.35. The molecule has 0 N–H and O–H groups in total. The molecule has 7 heteroatoms. The van der Waals surface area contributed by atoms with Gasteiger partial charge in [-0.05, 0) is 43.7 Å². The van der Waals surface area contributed by atoms with E-state index in [2.05, 4.69) is 12.0 Å². The molecule has 0 unspecified atom stereocenters. The molecule has 31 heavy (non-hydrogen) atoms. The van der Waals surface area contributed by atoms with Crippen LogP contribution in [0.25, 0.3) is 16.9 Å². The Labute approximate surface area is 198 Å². The number of benzene rings is 2. The number of esters is 1. The number of halogens is 3. The Morgan fingerprint density at radius 3 is 2.32 bits per heavy atom. The zero-order valence-electron chi connectivity index (χ0n) is 17.6. The summed E-state index contributed by atoms with van der Waals surface area (Å²) in [4.78, 5) is 12.8. The average molecular weight is 480 g/mol. The molecule has 0 fully saturated rings. The van der Waals surface area contributed by atoms with E-state index in [0.717, 1.165) is 30.5 Å². The molecule has 1 heterocycles. The fourth-order valence-electron chi connectivity index (χ4n) is 3.40. The van der Waals surface area contributed by atoms with E-state index in [1.807, 2.05) is 19.1 Å². The Morgan fingerprint density at radius 2 is 1.65 bits per heavy atom. The molecule has 0 aliphatic rings. The molecule has 0 saturated carbocycles. The standard InChI is InChI=1S/C24H25Cl3N2O2/c1-3-4-5-6-7-14-31-24(30)22-16(2)23(17-8-10-18(25)11-9-17)29(28-22)21-13-12-19(26)15-20(21)27/h8-13,15H,3-7,14H2,1-2H3. The van der Waals surface area contributed by atoms with Gasteiger partial charge in [0.05, 0.1) is 23.0 Å². The molecule has 2 aromatic carbocycles. The third-order valence-electron chi connectivity index (χ3n) is 5.05. The molecule has 164 valence electrons. The fraction of sp³-hybridized carbons (Fsp3) is 0.333. The molecule has 0 bridgehead atoms. The largest absolute Gasteiger partial charge is 0.461 e. The molecule has 0 aliphatic carbocycles. The molecule has 0 amide bonds. The summed E-state index contributed by atoms with van der Waals surface area (Å²) in [6.45, 7) is 4.41. The van der Waals surface area contributed by atoms with Gasteiger partial charge in [0.2, 0.25) is 0 Å². The predicted octanol–water partition coefficient (Wildman–Crippen LogP) is 7.94. The quantitative estimate of drug-likeness (QED) is 0.231. The highest BCUT2D eigenvalue weighted by Crippen LogP contribution is 2.33. The van der Waals surface area contributed by atoms with E-state index in [1.54, 1.807) is 35.0 Å². The lowest BCUT2D eigenvalue weighted by molar-refractivity contribution is 0.0489.